The third-order valence-electron chi connectivity index (χ3n) is 1.23. The second-order valence-corrected chi connectivity index (χ2v) is 2.02. The highest BCUT2D eigenvalue weighted by Gasteiger charge is 2.11. The van der Waals surface area contributed by atoms with Crippen molar-refractivity contribution in [1.29, 1.82) is 0 Å². The molecule has 0 spiro atoms. The Kier molecular flexibility index (Phi) is 1.44. The lowest BCUT2D eigenvalue weighted by atomic mass is 10.1. The summed E-state index contributed by atoms with van der Waals surface area (Å²) in [5.74, 6) is -0.0463. The summed E-state index contributed by atoms with van der Waals surface area (Å²) in [5.41, 5.74) is 5.81. The molecule has 0 saturated carbocycles. The highest BCUT2D eigenvalue weighted by Crippen LogP contribution is 2.11. The number of hydrogen-bond acceptors (Lipinski definition) is 3. The monoisotopic (exact) mass is 127 g/mol. The lowest BCUT2D eigenvalue weighted by Gasteiger charge is -2.11. The summed E-state index contributed by atoms with van der Waals surface area (Å²) in [5, 5.41) is 17.7. The van der Waals surface area contributed by atoms with Gasteiger partial charge in [0.15, 0.2) is 0 Å². The van der Waals surface area contributed by atoms with Crippen LogP contribution >= 0.6 is 0 Å². The summed E-state index contributed by atoms with van der Waals surface area (Å²) < 4.78 is 0. The first-order chi connectivity index (χ1) is 4.20. The molecule has 4 N–H and O–H groups in total. The standard InChI is InChI=1S/C6H9NO2/c7-4-1-2-5(8)6(9)3-4/h1,3,5,8-9H,2,7H2. The van der Waals surface area contributed by atoms with E-state index in [0.717, 1.165) is 0 Å². The van der Waals surface area contributed by atoms with Crippen LogP contribution in [0.4, 0.5) is 0 Å². The zero-order chi connectivity index (χ0) is 6.85. The van der Waals surface area contributed by atoms with Gasteiger partial charge in [-0.05, 0) is 0 Å². The molecule has 0 heterocycles. The van der Waals surface area contributed by atoms with E-state index in [1.54, 1.807) is 6.08 Å². The van der Waals surface area contributed by atoms with Gasteiger partial charge < -0.3 is 15.9 Å². The third-order valence-corrected chi connectivity index (χ3v) is 1.23. The number of rotatable bonds is 0. The molecular weight excluding hydrogens is 118 g/mol. The first-order valence-corrected chi connectivity index (χ1v) is 2.74. The second-order valence-electron chi connectivity index (χ2n) is 2.02. The first kappa shape index (κ1) is 6.16. The molecule has 9 heavy (non-hydrogen) atoms. The molecule has 1 aliphatic rings. The van der Waals surface area contributed by atoms with Gasteiger partial charge in [-0.15, -0.1) is 0 Å². The van der Waals surface area contributed by atoms with Crippen molar-refractivity contribution in [2.24, 2.45) is 5.73 Å². The largest absolute Gasteiger partial charge is 0.509 e. The van der Waals surface area contributed by atoms with Crippen LogP contribution in [-0.2, 0) is 0 Å². The van der Waals surface area contributed by atoms with E-state index in [1.165, 1.54) is 6.08 Å². The Hall–Kier alpha value is -0.960. The second kappa shape index (κ2) is 2.11. The Labute approximate surface area is 53.1 Å². The van der Waals surface area contributed by atoms with Crippen molar-refractivity contribution in [1.82, 2.24) is 0 Å². The highest BCUT2D eigenvalue weighted by atomic mass is 16.3. The summed E-state index contributed by atoms with van der Waals surface area (Å²) >= 11 is 0. The molecular formula is C6H9NO2. The van der Waals surface area contributed by atoms with Crippen LogP contribution in [0.3, 0.4) is 0 Å². The van der Waals surface area contributed by atoms with Crippen LogP contribution < -0.4 is 5.73 Å². The zero-order valence-electron chi connectivity index (χ0n) is 4.91. The van der Waals surface area contributed by atoms with Crippen LogP contribution in [0, 0.1) is 0 Å². The normalized spacial score (nSPS) is 27.0. The Morgan fingerprint density at radius 2 is 2.33 bits per heavy atom. The highest BCUT2D eigenvalue weighted by molar-refractivity contribution is 5.24. The van der Waals surface area contributed by atoms with Gasteiger partial charge in [-0.25, -0.2) is 0 Å². The molecule has 50 valence electrons. The van der Waals surface area contributed by atoms with E-state index in [1.807, 2.05) is 0 Å². The number of allylic oxidation sites excluding steroid dienone is 1. The van der Waals surface area contributed by atoms with Gasteiger partial charge in [0.05, 0.1) is 0 Å². The lowest BCUT2D eigenvalue weighted by molar-refractivity contribution is 0.153. The van der Waals surface area contributed by atoms with E-state index in [-0.39, 0.29) is 5.76 Å². The molecule has 0 radical (unpaired) electrons. The molecule has 0 aromatic carbocycles. The van der Waals surface area contributed by atoms with Crippen molar-refractivity contribution in [3.63, 3.8) is 0 Å². The van der Waals surface area contributed by atoms with Gasteiger partial charge in [-0.3, -0.25) is 0 Å². The maximum Gasteiger partial charge on any atom is 0.123 e. The molecule has 0 amide bonds. The summed E-state index contributed by atoms with van der Waals surface area (Å²) in [6, 6.07) is 0. The van der Waals surface area contributed by atoms with Gasteiger partial charge in [0.1, 0.15) is 11.9 Å². The third kappa shape index (κ3) is 1.23. The number of aliphatic hydroxyl groups is 2. The molecule has 0 aromatic rings. The molecule has 0 aromatic heterocycles. The molecule has 1 unspecified atom stereocenters. The fourth-order valence-corrected chi connectivity index (χ4v) is 0.694. The number of aliphatic hydroxyl groups excluding tert-OH is 2. The van der Waals surface area contributed by atoms with Crippen LogP contribution in [0.2, 0.25) is 0 Å². The Balaban J connectivity index is 2.74. The summed E-state index contributed by atoms with van der Waals surface area (Å²) in [4.78, 5) is 0. The predicted molar refractivity (Wildman–Crippen MR) is 33.6 cm³/mol. The maximum atomic E-state index is 8.88. The number of nitrogens with two attached hydrogens (primary N) is 1. The minimum Gasteiger partial charge on any atom is -0.509 e. The SMILES string of the molecule is NC1=CCC(O)C(O)=C1. The fraction of sp³-hybridized carbons (Fsp3) is 0.333. The van der Waals surface area contributed by atoms with E-state index >= 15 is 0 Å². The zero-order valence-corrected chi connectivity index (χ0v) is 4.91. The molecule has 0 saturated heterocycles. The fourth-order valence-electron chi connectivity index (χ4n) is 0.694. The van der Waals surface area contributed by atoms with Crippen molar-refractivity contribution in [3.05, 3.63) is 23.6 Å². The Morgan fingerprint density at radius 1 is 1.67 bits per heavy atom. The van der Waals surface area contributed by atoms with Gasteiger partial charge in [0, 0.05) is 18.2 Å². The van der Waals surface area contributed by atoms with Crippen molar-refractivity contribution >= 4 is 0 Å². The van der Waals surface area contributed by atoms with Crippen LogP contribution in [0.25, 0.3) is 0 Å². The van der Waals surface area contributed by atoms with Gasteiger partial charge >= 0.3 is 0 Å². The predicted octanol–water partition coefficient (Wildman–Crippen LogP) is 0.0355. The molecule has 0 bridgehead atoms. The van der Waals surface area contributed by atoms with Crippen LogP contribution in [0.15, 0.2) is 23.6 Å². The van der Waals surface area contributed by atoms with E-state index in [2.05, 4.69) is 0 Å². The lowest BCUT2D eigenvalue weighted by Crippen LogP contribution is -2.14. The van der Waals surface area contributed by atoms with Gasteiger partial charge in [0.25, 0.3) is 0 Å². The Bertz CT molecular complexity index is 172. The van der Waals surface area contributed by atoms with Gasteiger partial charge in [0.2, 0.25) is 0 Å². The minimum atomic E-state index is -0.753. The van der Waals surface area contributed by atoms with Gasteiger partial charge in [-0.1, -0.05) is 6.08 Å². The van der Waals surface area contributed by atoms with Crippen molar-refractivity contribution in [2.75, 3.05) is 0 Å². The van der Waals surface area contributed by atoms with E-state index < -0.39 is 6.10 Å². The number of hydrogen-bond donors (Lipinski definition) is 3. The molecule has 1 aliphatic carbocycles. The quantitative estimate of drug-likeness (QED) is 0.430. The van der Waals surface area contributed by atoms with Crippen molar-refractivity contribution in [2.45, 2.75) is 12.5 Å². The maximum absolute atomic E-state index is 8.88. The molecule has 3 heteroatoms. The molecule has 1 atom stereocenters. The van der Waals surface area contributed by atoms with Gasteiger partial charge in [-0.2, -0.15) is 0 Å². The van der Waals surface area contributed by atoms with Crippen LogP contribution in [0.5, 0.6) is 0 Å². The minimum absolute atomic E-state index is 0.0463. The topological polar surface area (TPSA) is 66.5 Å². The Morgan fingerprint density at radius 3 is 2.78 bits per heavy atom. The van der Waals surface area contributed by atoms with E-state index in [9.17, 15) is 0 Å². The smallest absolute Gasteiger partial charge is 0.123 e. The van der Waals surface area contributed by atoms with E-state index in [4.69, 9.17) is 15.9 Å². The van der Waals surface area contributed by atoms with Crippen molar-refractivity contribution < 1.29 is 10.2 Å². The average molecular weight is 127 g/mol. The van der Waals surface area contributed by atoms with Crippen LogP contribution in [-0.4, -0.2) is 16.3 Å². The van der Waals surface area contributed by atoms with Crippen molar-refractivity contribution in [3.8, 4) is 0 Å². The molecule has 0 fully saturated rings. The summed E-state index contributed by atoms with van der Waals surface area (Å²) in [7, 11) is 0. The molecule has 1 rings (SSSR count). The molecule has 3 nitrogen and oxygen atoms in total. The average Bonchev–Trinajstić information content (AvgIpc) is 1.80. The first-order valence-electron chi connectivity index (χ1n) is 2.74. The summed E-state index contributed by atoms with van der Waals surface area (Å²) in [6.07, 6.45) is 2.68. The summed E-state index contributed by atoms with van der Waals surface area (Å²) in [6.45, 7) is 0. The molecule has 0 aliphatic heterocycles. The van der Waals surface area contributed by atoms with E-state index in [0.29, 0.717) is 12.1 Å². The van der Waals surface area contributed by atoms with Crippen LogP contribution in [0.1, 0.15) is 6.42 Å².